The Labute approximate surface area is 122 Å². The van der Waals surface area contributed by atoms with Gasteiger partial charge in [0.25, 0.3) is 0 Å². The van der Waals surface area contributed by atoms with E-state index >= 15 is 0 Å². The van der Waals surface area contributed by atoms with E-state index in [9.17, 15) is 0 Å². The summed E-state index contributed by atoms with van der Waals surface area (Å²) < 4.78 is 5.56. The smallest absolute Gasteiger partial charge is 0.122 e. The van der Waals surface area contributed by atoms with Crippen LogP contribution in [0.4, 0.5) is 0 Å². The van der Waals surface area contributed by atoms with Crippen LogP contribution in [0.1, 0.15) is 56.1 Å². The topological polar surface area (TPSA) is 21.3 Å². The van der Waals surface area contributed by atoms with Crippen LogP contribution in [-0.2, 0) is 12.8 Å². The molecule has 1 aliphatic heterocycles. The van der Waals surface area contributed by atoms with Crippen LogP contribution in [-0.4, -0.2) is 19.2 Å². The van der Waals surface area contributed by atoms with E-state index in [-0.39, 0.29) is 0 Å². The van der Waals surface area contributed by atoms with Gasteiger partial charge in [-0.3, -0.25) is 0 Å². The highest BCUT2D eigenvalue weighted by atomic mass is 16.5. The molecular formula is C18H27NO. The van der Waals surface area contributed by atoms with Gasteiger partial charge in [0.05, 0.1) is 6.61 Å². The Morgan fingerprint density at radius 3 is 2.70 bits per heavy atom. The molecule has 3 rings (SSSR count). The van der Waals surface area contributed by atoms with Crippen molar-refractivity contribution in [3.05, 3.63) is 29.3 Å². The lowest BCUT2D eigenvalue weighted by atomic mass is 9.96. The first-order chi connectivity index (χ1) is 9.92. The molecule has 1 fully saturated rings. The second kappa shape index (κ2) is 7.12. The predicted molar refractivity (Wildman–Crippen MR) is 83.5 cm³/mol. The molecule has 1 aliphatic carbocycles. The number of rotatable bonds is 4. The predicted octanol–water partition coefficient (Wildman–Crippen LogP) is 3.87. The normalized spacial score (nSPS) is 20.0. The summed E-state index contributed by atoms with van der Waals surface area (Å²) in [5, 5.41) is 3.77. The average molecular weight is 273 g/mol. The van der Waals surface area contributed by atoms with Gasteiger partial charge in [0.1, 0.15) is 5.75 Å². The maximum absolute atomic E-state index is 5.56. The second-order valence-electron chi connectivity index (χ2n) is 6.29. The first-order valence-corrected chi connectivity index (χ1v) is 8.40. The molecule has 0 atom stereocenters. The van der Waals surface area contributed by atoms with Crippen molar-refractivity contribution >= 4 is 0 Å². The van der Waals surface area contributed by atoms with Crippen molar-refractivity contribution in [3.63, 3.8) is 0 Å². The van der Waals surface area contributed by atoms with Gasteiger partial charge in [-0.15, -0.1) is 0 Å². The number of nitrogens with one attached hydrogen (secondary N) is 1. The van der Waals surface area contributed by atoms with Gasteiger partial charge in [-0.2, -0.15) is 0 Å². The summed E-state index contributed by atoms with van der Waals surface area (Å²) in [5.74, 6) is 1.10. The van der Waals surface area contributed by atoms with E-state index in [2.05, 4.69) is 23.5 Å². The zero-order valence-electron chi connectivity index (χ0n) is 12.5. The molecule has 2 nitrogen and oxygen atoms in total. The van der Waals surface area contributed by atoms with Crippen molar-refractivity contribution in [1.82, 2.24) is 5.32 Å². The van der Waals surface area contributed by atoms with Crippen molar-refractivity contribution in [2.24, 2.45) is 0 Å². The zero-order valence-corrected chi connectivity index (χ0v) is 12.5. The SMILES string of the molecule is c1cc2c(cc1CCNC1CCCCCCC1)CCO2. The van der Waals surface area contributed by atoms with Gasteiger partial charge >= 0.3 is 0 Å². The van der Waals surface area contributed by atoms with Gasteiger partial charge < -0.3 is 10.1 Å². The number of ether oxygens (including phenoxy) is 1. The van der Waals surface area contributed by atoms with Gasteiger partial charge in [-0.25, -0.2) is 0 Å². The van der Waals surface area contributed by atoms with Crippen LogP contribution in [0.2, 0.25) is 0 Å². The first-order valence-electron chi connectivity index (χ1n) is 8.40. The van der Waals surface area contributed by atoms with Gasteiger partial charge in [-0.05, 0) is 43.0 Å². The number of fused-ring (bicyclic) bond motifs is 1. The summed E-state index contributed by atoms with van der Waals surface area (Å²) >= 11 is 0. The standard InChI is InChI=1S/C18H27NO/c1-2-4-6-17(7-5-3-1)19-12-10-15-8-9-18-16(14-15)11-13-20-18/h8-9,14,17,19H,1-7,10-13H2. The minimum absolute atomic E-state index is 0.757. The fraction of sp³-hybridized carbons (Fsp3) is 0.667. The third-order valence-corrected chi connectivity index (χ3v) is 4.71. The summed E-state index contributed by atoms with van der Waals surface area (Å²) in [6, 6.07) is 7.47. The maximum atomic E-state index is 5.56. The Morgan fingerprint density at radius 1 is 1.05 bits per heavy atom. The minimum atomic E-state index is 0.757. The van der Waals surface area contributed by atoms with Crippen molar-refractivity contribution in [3.8, 4) is 5.75 Å². The molecule has 0 aromatic heterocycles. The highest BCUT2D eigenvalue weighted by Gasteiger charge is 2.13. The molecule has 0 unspecified atom stereocenters. The van der Waals surface area contributed by atoms with E-state index in [1.165, 1.54) is 56.1 Å². The lowest BCUT2D eigenvalue weighted by molar-refractivity contribution is 0.357. The van der Waals surface area contributed by atoms with Crippen LogP contribution >= 0.6 is 0 Å². The molecule has 1 aromatic carbocycles. The second-order valence-corrected chi connectivity index (χ2v) is 6.29. The summed E-state index contributed by atoms with van der Waals surface area (Å²) in [5.41, 5.74) is 2.85. The molecule has 0 radical (unpaired) electrons. The Balaban J connectivity index is 1.44. The monoisotopic (exact) mass is 273 g/mol. The largest absolute Gasteiger partial charge is 0.493 e. The summed E-state index contributed by atoms with van der Waals surface area (Å²) in [6.07, 6.45) is 12.1. The minimum Gasteiger partial charge on any atom is -0.493 e. The first kappa shape index (κ1) is 13.9. The quantitative estimate of drug-likeness (QED) is 0.899. The van der Waals surface area contributed by atoms with Crippen molar-refractivity contribution in [1.29, 1.82) is 0 Å². The molecule has 0 amide bonds. The molecule has 1 N–H and O–H groups in total. The lowest BCUT2D eigenvalue weighted by Crippen LogP contribution is -2.31. The Morgan fingerprint density at radius 2 is 1.85 bits per heavy atom. The van der Waals surface area contributed by atoms with Crippen molar-refractivity contribution < 1.29 is 4.74 Å². The number of benzene rings is 1. The molecule has 0 saturated heterocycles. The van der Waals surface area contributed by atoms with E-state index in [0.29, 0.717) is 0 Å². The van der Waals surface area contributed by atoms with Crippen LogP contribution < -0.4 is 10.1 Å². The lowest BCUT2D eigenvalue weighted by Gasteiger charge is -2.21. The van der Waals surface area contributed by atoms with E-state index in [1.54, 1.807) is 0 Å². The molecular weight excluding hydrogens is 246 g/mol. The van der Waals surface area contributed by atoms with E-state index in [0.717, 1.165) is 37.8 Å². The highest BCUT2D eigenvalue weighted by molar-refractivity contribution is 5.39. The molecule has 20 heavy (non-hydrogen) atoms. The van der Waals surface area contributed by atoms with Gasteiger partial charge in [0, 0.05) is 12.5 Å². The molecule has 2 aliphatic rings. The summed E-state index contributed by atoms with van der Waals surface area (Å²) in [7, 11) is 0. The number of hydrogen-bond acceptors (Lipinski definition) is 2. The molecule has 2 heteroatoms. The highest BCUT2D eigenvalue weighted by Crippen LogP contribution is 2.26. The fourth-order valence-electron chi connectivity index (χ4n) is 3.48. The fourth-order valence-corrected chi connectivity index (χ4v) is 3.48. The Kier molecular flexibility index (Phi) is 4.96. The van der Waals surface area contributed by atoms with E-state index < -0.39 is 0 Å². The molecule has 1 heterocycles. The van der Waals surface area contributed by atoms with Crippen molar-refractivity contribution in [2.75, 3.05) is 13.2 Å². The average Bonchev–Trinajstić information content (AvgIpc) is 2.88. The van der Waals surface area contributed by atoms with Crippen molar-refractivity contribution in [2.45, 2.75) is 63.8 Å². The molecule has 110 valence electrons. The number of hydrogen-bond donors (Lipinski definition) is 1. The van der Waals surface area contributed by atoms with E-state index in [4.69, 9.17) is 4.74 Å². The van der Waals surface area contributed by atoms with Gasteiger partial charge in [-0.1, -0.05) is 44.2 Å². The Bertz CT molecular complexity index is 421. The van der Waals surface area contributed by atoms with Crippen LogP contribution in [0.15, 0.2) is 18.2 Å². The molecule has 0 bridgehead atoms. The van der Waals surface area contributed by atoms with Crippen LogP contribution in [0, 0.1) is 0 Å². The van der Waals surface area contributed by atoms with Crippen LogP contribution in [0.3, 0.4) is 0 Å². The Hall–Kier alpha value is -1.02. The maximum Gasteiger partial charge on any atom is 0.122 e. The molecule has 1 aromatic rings. The van der Waals surface area contributed by atoms with Crippen LogP contribution in [0.25, 0.3) is 0 Å². The van der Waals surface area contributed by atoms with Gasteiger partial charge in [0.2, 0.25) is 0 Å². The third-order valence-electron chi connectivity index (χ3n) is 4.71. The van der Waals surface area contributed by atoms with Crippen LogP contribution in [0.5, 0.6) is 5.75 Å². The summed E-state index contributed by atoms with van der Waals surface area (Å²) in [4.78, 5) is 0. The molecule has 1 saturated carbocycles. The summed E-state index contributed by atoms with van der Waals surface area (Å²) in [6.45, 7) is 1.98. The zero-order chi connectivity index (χ0) is 13.6. The van der Waals surface area contributed by atoms with Gasteiger partial charge in [0.15, 0.2) is 0 Å². The van der Waals surface area contributed by atoms with E-state index in [1.807, 2.05) is 0 Å². The third kappa shape index (κ3) is 3.76. The molecule has 0 spiro atoms.